The Morgan fingerprint density at radius 2 is 1.76 bits per heavy atom. The summed E-state index contributed by atoms with van der Waals surface area (Å²) in [5.41, 5.74) is -0.267. The number of nitrogens with one attached hydrogen (secondary N) is 1. The molecule has 0 unspecified atom stereocenters. The van der Waals surface area contributed by atoms with Crippen molar-refractivity contribution in [2.45, 2.75) is 104 Å². The Balaban J connectivity index is 0.00000241. The first-order valence-corrected chi connectivity index (χ1v) is 15.1. The molecule has 11 atom stereocenters. The second kappa shape index (κ2) is 12.4. The molecular weight excluding hydrogens is 505 g/mol. The summed E-state index contributed by atoms with van der Waals surface area (Å²) in [6.07, 6.45) is 5.58. The Morgan fingerprint density at radius 3 is 2.41 bits per heavy atom. The van der Waals surface area contributed by atoms with Gasteiger partial charge in [0.1, 0.15) is 0 Å². The van der Waals surface area contributed by atoms with Crippen LogP contribution in [0.1, 0.15) is 86.0 Å². The summed E-state index contributed by atoms with van der Waals surface area (Å²) in [6, 6.07) is 0. The van der Waals surface area contributed by atoms with Crippen molar-refractivity contribution in [3.63, 3.8) is 0 Å². The summed E-state index contributed by atoms with van der Waals surface area (Å²) in [7, 11) is -4.35. The molecule has 0 bridgehead atoms. The van der Waals surface area contributed by atoms with E-state index in [1.54, 1.807) is 0 Å². The third kappa shape index (κ3) is 6.45. The van der Waals surface area contributed by atoms with Crippen LogP contribution < -0.4 is 34.9 Å². The van der Waals surface area contributed by atoms with Gasteiger partial charge < -0.3 is 25.2 Å². The number of fused-ring (bicyclic) bond motifs is 5. The molecule has 0 aromatic rings. The number of amides is 1. The van der Waals surface area contributed by atoms with E-state index in [2.05, 4.69) is 26.1 Å². The van der Waals surface area contributed by atoms with E-state index in [4.69, 9.17) is 0 Å². The Labute approximate surface area is 245 Å². The van der Waals surface area contributed by atoms with Crippen LogP contribution in [0, 0.1) is 46.3 Å². The van der Waals surface area contributed by atoms with E-state index in [-0.39, 0.29) is 102 Å². The molecule has 0 aromatic heterocycles. The fraction of sp³-hybridized carbons (Fsp3) is 0.963. The van der Waals surface area contributed by atoms with E-state index < -0.39 is 28.1 Å². The maximum Gasteiger partial charge on any atom is 1.00 e. The van der Waals surface area contributed by atoms with E-state index in [1.807, 2.05) is 0 Å². The molecule has 4 fully saturated rings. The zero-order chi connectivity index (χ0) is 25.8. The fourth-order valence-electron chi connectivity index (χ4n) is 9.10. The van der Waals surface area contributed by atoms with Gasteiger partial charge in [0, 0.05) is 13.0 Å². The Hall–Kier alpha value is 0.260. The molecule has 8 nitrogen and oxygen atoms in total. The first-order chi connectivity index (χ1) is 16.3. The van der Waals surface area contributed by atoms with E-state index in [0.29, 0.717) is 18.8 Å². The number of rotatable bonds is 7. The number of aliphatic hydroxyl groups excluding tert-OH is 3. The van der Waals surface area contributed by atoms with Gasteiger partial charge in [0.15, 0.2) is 0 Å². The van der Waals surface area contributed by atoms with Crippen molar-refractivity contribution in [1.29, 1.82) is 0 Å². The Morgan fingerprint density at radius 1 is 1.08 bits per heavy atom. The summed E-state index contributed by atoms with van der Waals surface area (Å²) < 4.78 is 32.2. The molecule has 1 amide bonds. The second-order valence-corrected chi connectivity index (χ2v) is 14.2. The predicted octanol–water partition coefficient (Wildman–Crippen LogP) is -0.334. The zero-order valence-electron chi connectivity index (χ0n) is 22.4. The summed E-state index contributed by atoms with van der Waals surface area (Å²) in [4.78, 5) is 12.2. The van der Waals surface area contributed by atoms with E-state index >= 15 is 0 Å². The molecule has 0 spiro atoms. The van der Waals surface area contributed by atoms with Gasteiger partial charge in [-0.25, -0.2) is 8.42 Å². The van der Waals surface area contributed by atoms with Gasteiger partial charge in [-0.3, -0.25) is 4.79 Å². The fourth-order valence-corrected chi connectivity index (χ4v) is 9.45. The molecule has 0 heterocycles. The van der Waals surface area contributed by atoms with Gasteiger partial charge in [0.2, 0.25) is 5.91 Å². The normalized spacial score (nSPS) is 43.8. The number of carbonyl (C=O) groups excluding carboxylic acids is 1. The largest absolute Gasteiger partial charge is 1.00 e. The number of aliphatic hydroxyl groups is 3. The van der Waals surface area contributed by atoms with Crippen LogP contribution >= 0.6 is 0 Å². The molecular formula is C27H48NNaO7S. The van der Waals surface area contributed by atoms with Gasteiger partial charge in [-0.2, -0.15) is 0 Å². The minimum absolute atomic E-state index is 0. The minimum atomic E-state index is -4.35. The molecule has 210 valence electrons. The van der Waals surface area contributed by atoms with Crippen LogP contribution in [0.25, 0.3) is 0 Å². The minimum Gasteiger partial charge on any atom is -0.748 e. The van der Waals surface area contributed by atoms with Crippen molar-refractivity contribution >= 4 is 16.0 Å². The summed E-state index contributed by atoms with van der Waals surface area (Å²) in [6.45, 7) is 6.48. The SMILES string of the molecule is C.C[C@H](CCC(=O)NCCS(=O)(=O)[O-])[C@H]1CC[C@H]2[C@@H]3[C@H](O)C[C@@H]4C[C@H](O)CC[C@]4(C)[C@H]3C[C@H](O)[C@]12C.[Na+]. The van der Waals surface area contributed by atoms with Crippen LogP contribution in [0.2, 0.25) is 0 Å². The molecule has 4 rings (SSSR count). The van der Waals surface area contributed by atoms with Gasteiger partial charge >= 0.3 is 29.6 Å². The first kappa shape index (κ1) is 33.5. The number of hydrogen-bond acceptors (Lipinski definition) is 7. The van der Waals surface area contributed by atoms with Crippen molar-refractivity contribution in [3.8, 4) is 0 Å². The molecule has 4 saturated carbocycles. The average Bonchev–Trinajstić information content (AvgIpc) is 3.12. The average molecular weight is 554 g/mol. The summed E-state index contributed by atoms with van der Waals surface area (Å²) in [5, 5.41) is 35.7. The van der Waals surface area contributed by atoms with Crippen LogP contribution in [0.4, 0.5) is 0 Å². The first-order valence-electron chi connectivity index (χ1n) is 13.5. The standard InChI is InChI=1S/C26H45NO7S.CH4.Na/c1-15(4-7-23(31)27-10-11-35(32,33)34)18-5-6-19-24-20(14-22(30)26(18,19)3)25(2)9-8-17(28)12-16(25)13-21(24)29;;/h15-22,24,28-30H,4-14H2,1-3H3,(H,27,31)(H,32,33,34);1H4;/q;;+1/p-1/t15-,16+,17-,18-,19+,20+,21-,22+,24+,25+,26-;;/m1../s1. The van der Waals surface area contributed by atoms with Crippen LogP contribution in [0.15, 0.2) is 0 Å². The number of carbonyl (C=O) groups is 1. The molecule has 0 saturated heterocycles. The molecule has 37 heavy (non-hydrogen) atoms. The predicted molar refractivity (Wildman–Crippen MR) is 137 cm³/mol. The Bertz CT molecular complexity index is 903. The maximum atomic E-state index is 12.2. The van der Waals surface area contributed by atoms with E-state index in [0.717, 1.165) is 38.5 Å². The molecule has 0 aromatic carbocycles. The molecule has 0 aliphatic heterocycles. The third-order valence-corrected chi connectivity index (χ3v) is 11.7. The van der Waals surface area contributed by atoms with Crippen molar-refractivity contribution in [2.75, 3.05) is 12.3 Å². The summed E-state index contributed by atoms with van der Waals surface area (Å²) >= 11 is 0. The van der Waals surface area contributed by atoms with Gasteiger partial charge in [-0.1, -0.05) is 28.2 Å². The molecule has 4 aliphatic carbocycles. The molecule has 4 aliphatic rings. The smallest absolute Gasteiger partial charge is 0.748 e. The molecule has 10 heteroatoms. The molecule has 4 N–H and O–H groups in total. The van der Waals surface area contributed by atoms with E-state index in [9.17, 15) is 33.1 Å². The monoisotopic (exact) mass is 553 g/mol. The zero-order valence-corrected chi connectivity index (χ0v) is 25.2. The van der Waals surface area contributed by atoms with Crippen LogP contribution in [0.3, 0.4) is 0 Å². The van der Waals surface area contributed by atoms with E-state index in [1.165, 1.54) is 0 Å². The third-order valence-electron chi connectivity index (χ3n) is 11.0. The maximum absolute atomic E-state index is 12.2. The van der Waals surface area contributed by atoms with Crippen LogP contribution in [-0.4, -0.2) is 64.8 Å². The van der Waals surface area contributed by atoms with Gasteiger partial charge in [0.05, 0.1) is 34.2 Å². The number of hydrogen-bond donors (Lipinski definition) is 4. The summed E-state index contributed by atoms with van der Waals surface area (Å²) in [5.74, 6) is 0.522. The van der Waals surface area contributed by atoms with Gasteiger partial charge in [-0.15, -0.1) is 0 Å². The quantitative estimate of drug-likeness (QED) is 0.249. The van der Waals surface area contributed by atoms with Crippen LogP contribution in [0.5, 0.6) is 0 Å². The second-order valence-electron chi connectivity index (χ2n) is 12.7. The van der Waals surface area contributed by atoms with Crippen molar-refractivity contribution in [1.82, 2.24) is 5.32 Å². The van der Waals surface area contributed by atoms with Crippen molar-refractivity contribution < 1.29 is 62.6 Å². The molecule has 0 radical (unpaired) electrons. The topological polar surface area (TPSA) is 147 Å². The van der Waals surface area contributed by atoms with Crippen molar-refractivity contribution in [2.24, 2.45) is 46.3 Å². The van der Waals surface area contributed by atoms with Crippen molar-refractivity contribution in [3.05, 3.63) is 0 Å². The Kier molecular flexibility index (Phi) is 11.2. The van der Waals surface area contributed by atoms with Gasteiger partial charge in [0.25, 0.3) is 0 Å². The van der Waals surface area contributed by atoms with Gasteiger partial charge in [-0.05, 0) is 97.7 Å². The van der Waals surface area contributed by atoms with Crippen LogP contribution in [-0.2, 0) is 14.9 Å².